The molecule has 26 heavy (non-hydrogen) atoms. The molecule has 1 fully saturated rings. The van der Waals surface area contributed by atoms with Crippen molar-refractivity contribution in [2.45, 2.75) is 25.9 Å². The minimum Gasteiger partial charge on any atom is -0.339 e. The van der Waals surface area contributed by atoms with Crippen molar-refractivity contribution in [2.24, 2.45) is 11.7 Å². The fourth-order valence-corrected chi connectivity index (χ4v) is 3.58. The molecule has 0 saturated carbocycles. The molecule has 138 valence electrons. The predicted molar refractivity (Wildman–Crippen MR) is 106 cm³/mol. The molecule has 0 aromatic heterocycles. The number of benzene rings is 2. The van der Waals surface area contributed by atoms with Gasteiger partial charge in [0.05, 0.1) is 12.1 Å². The third-order valence-corrected chi connectivity index (χ3v) is 5.23. The number of amides is 1. The van der Waals surface area contributed by atoms with Gasteiger partial charge in [-0.05, 0) is 17.0 Å². The van der Waals surface area contributed by atoms with Crippen LogP contribution in [0.5, 0.6) is 0 Å². The predicted octanol–water partition coefficient (Wildman–Crippen LogP) is 2.90. The van der Waals surface area contributed by atoms with Crippen LogP contribution in [-0.2, 0) is 4.79 Å². The molecular weight excluding hydrogens is 322 g/mol. The van der Waals surface area contributed by atoms with Gasteiger partial charge in [0.1, 0.15) is 0 Å². The smallest absolute Gasteiger partial charge is 0.239 e. The average Bonchev–Trinajstić information content (AvgIpc) is 2.69. The number of hydrogen-bond acceptors (Lipinski definition) is 3. The normalized spacial score (nSPS) is 16.9. The molecule has 2 N–H and O–H groups in total. The zero-order valence-corrected chi connectivity index (χ0v) is 15.7. The first kappa shape index (κ1) is 18.6. The fourth-order valence-electron chi connectivity index (χ4n) is 3.58. The Bertz CT molecular complexity index is 654. The molecule has 1 amide bonds. The third kappa shape index (κ3) is 4.14. The van der Waals surface area contributed by atoms with Crippen molar-refractivity contribution >= 4 is 5.91 Å². The van der Waals surface area contributed by atoms with Gasteiger partial charge in [0.15, 0.2) is 0 Å². The molecule has 2 aromatic rings. The standard InChI is InChI=1S/C22H29N3O/c1-17(2)20(23)22(26)25-15-13-24(14-16-25)21(18-9-5-3-6-10-18)19-11-7-4-8-12-19/h3-12,17,20-21H,13-16,23H2,1-2H3/t20-/m0/s1. The molecule has 1 saturated heterocycles. The minimum absolute atomic E-state index is 0.0793. The summed E-state index contributed by atoms with van der Waals surface area (Å²) in [4.78, 5) is 16.9. The van der Waals surface area contributed by atoms with Crippen LogP contribution < -0.4 is 5.73 Å². The van der Waals surface area contributed by atoms with Gasteiger partial charge < -0.3 is 10.6 Å². The summed E-state index contributed by atoms with van der Waals surface area (Å²) in [5, 5.41) is 0. The van der Waals surface area contributed by atoms with E-state index >= 15 is 0 Å². The number of carbonyl (C=O) groups excluding carboxylic acids is 1. The summed E-state index contributed by atoms with van der Waals surface area (Å²) in [7, 11) is 0. The molecule has 3 rings (SSSR count). The van der Waals surface area contributed by atoms with Crippen LogP contribution in [0.4, 0.5) is 0 Å². The quantitative estimate of drug-likeness (QED) is 0.901. The number of hydrogen-bond donors (Lipinski definition) is 1. The van der Waals surface area contributed by atoms with Crippen molar-refractivity contribution in [3.63, 3.8) is 0 Å². The van der Waals surface area contributed by atoms with Crippen LogP contribution in [0.25, 0.3) is 0 Å². The second kappa shape index (κ2) is 8.47. The molecule has 0 bridgehead atoms. The molecule has 1 aliphatic heterocycles. The van der Waals surface area contributed by atoms with Gasteiger partial charge in [-0.3, -0.25) is 9.69 Å². The van der Waals surface area contributed by atoms with E-state index in [9.17, 15) is 4.79 Å². The average molecular weight is 351 g/mol. The van der Waals surface area contributed by atoms with Crippen molar-refractivity contribution < 1.29 is 4.79 Å². The van der Waals surface area contributed by atoms with E-state index in [1.807, 2.05) is 18.7 Å². The van der Waals surface area contributed by atoms with Crippen molar-refractivity contribution in [1.82, 2.24) is 9.80 Å². The second-order valence-electron chi connectivity index (χ2n) is 7.35. The van der Waals surface area contributed by atoms with E-state index in [1.165, 1.54) is 11.1 Å². The summed E-state index contributed by atoms with van der Waals surface area (Å²) in [5.74, 6) is 0.248. The Hall–Kier alpha value is -2.17. The van der Waals surface area contributed by atoms with Crippen molar-refractivity contribution in [3.05, 3.63) is 71.8 Å². The summed E-state index contributed by atoms with van der Waals surface area (Å²) in [6.07, 6.45) is 0. The van der Waals surface area contributed by atoms with E-state index in [2.05, 4.69) is 65.6 Å². The van der Waals surface area contributed by atoms with Crippen LogP contribution in [0.1, 0.15) is 31.0 Å². The third-order valence-electron chi connectivity index (χ3n) is 5.23. The fraction of sp³-hybridized carbons (Fsp3) is 0.409. The van der Waals surface area contributed by atoms with E-state index in [1.54, 1.807) is 0 Å². The van der Waals surface area contributed by atoms with Crippen LogP contribution >= 0.6 is 0 Å². The van der Waals surface area contributed by atoms with E-state index in [0.717, 1.165) is 26.2 Å². The number of rotatable bonds is 5. The maximum Gasteiger partial charge on any atom is 0.239 e. The molecule has 4 heteroatoms. The molecule has 1 atom stereocenters. The van der Waals surface area contributed by atoms with Gasteiger partial charge in [-0.15, -0.1) is 0 Å². The molecule has 2 aromatic carbocycles. The van der Waals surface area contributed by atoms with E-state index in [-0.39, 0.29) is 17.9 Å². The summed E-state index contributed by atoms with van der Waals surface area (Å²) in [5.41, 5.74) is 8.64. The van der Waals surface area contributed by atoms with Crippen LogP contribution in [0.15, 0.2) is 60.7 Å². The lowest BCUT2D eigenvalue weighted by Crippen LogP contribution is -2.54. The van der Waals surface area contributed by atoms with E-state index in [4.69, 9.17) is 5.73 Å². The highest BCUT2D eigenvalue weighted by Gasteiger charge is 2.30. The number of nitrogens with two attached hydrogens (primary N) is 1. The largest absolute Gasteiger partial charge is 0.339 e. The van der Waals surface area contributed by atoms with Crippen molar-refractivity contribution in [1.29, 1.82) is 0 Å². The number of piperazine rings is 1. The second-order valence-corrected chi connectivity index (χ2v) is 7.35. The first-order valence-corrected chi connectivity index (χ1v) is 9.46. The van der Waals surface area contributed by atoms with Crippen LogP contribution in [0.2, 0.25) is 0 Å². The molecule has 0 radical (unpaired) electrons. The summed E-state index contributed by atoms with van der Waals surface area (Å²) in [6.45, 7) is 7.17. The summed E-state index contributed by atoms with van der Waals surface area (Å²) < 4.78 is 0. The van der Waals surface area contributed by atoms with Gasteiger partial charge >= 0.3 is 0 Å². The number of carbonyl (C=O) groups is 1. The summed E-state index contributed by atoms with van der Waals surface area (Å²) >= 11 is 0. The van der Waals surface area contributed by atoms with Crippen LogP contribution in [0, 0.1) is 5.92 Å². The van der Waals surface area contributed by atoms with Gasteiger partial charge in [0.25, 0.3) is 0 Å². The van der Waals surface area contributed by atoms with Gasteiger partial charge in [0.2, 0.25) is 5.91 Å². The monoisotopic (exact) mass is 351 g/mol. The first-order valence-electron chi connectivity index (χ1n) is 9.46. The Labute approximate surface area is 156 Å². The maximum atomic E-state index is 12.5. The van der Waals surface area contributed by atoms with Gasteiger partial charge in [-0.1, -0.05) is 74.5 Å². The Morgan fingerprint density at radius 3 is 1.73 bits per heavy atom. The molecule has 0 aliphatic carbocycles. The Morgan fingerprint density at radius 1 is 0.846 bits per heavy atom. The van der Waals surface area contributed by atoms with Crippen molar-refractivity contribution in [3.8, 4) is 0 Å². The maximum absolute atomic E-state index is 12.5. The van der Waals surface area contributed by atoms with Crippen molar-refractivity contribution in [2.75, 3.05) is 26.2 Å². The molecule has 0 unspecified atom stereocenters. The lowest BCUT2D eigenvalue weighted by atomic mass is 9.96. The molecular formula is C22H29N3O. The zero-order valence-electron chi connectivity index (χ0n) is 15.7. The highest BCUT2D eigenvalue weighted by Crippen LogP contribution is 2.29. The highest BCUT2D eigenvalue weighted by molar-refractivity contribution is 5.82. The van der Waals surface area contributed by atoms with E-state index in [0.29, 0.717) is 0 Å². The molecule has 1 heterocycles. The zero-order chi connectivity index (χ0) is 18.5. The van der Waals surface area contributed by atoms with Gasteiger partial charge in [-0.2, -0.15) is 0 Å². The molecule has 0 spiro atoms. The molecule has 4 nitrogen and oxygen atoms in total. The minimum atomic E-state index is -0.402. The van der Waals surface area contributed by atoms with Crippen LogP contribution in [0.3, 0.4) is 0 Å². The summed E-state index contributed by atoms with van der Waals surface area (Å²) in [6, 6.07) is 21.0. The Balaban J connectivity index is 1.75. The topological polar surface area (TPSA) is 49.6 Å². The lowest BCUT2D eigenvalue weighted by Gasteiger charge is -2.40. The van der Waals surface area contributed by atoms with Crippen LogP contribution in [-0.4, -0.2) is 47.9 Å². The Kier molecular flexibility index (Phi) is 6.07. The van der Waals surface area contributed by atoms with Gasteiger partial charge in [0, 0.05) is 26.2 Å². The number of nitrogens with zero attached hydrogens (tertiary/aromatic N) is 2. The van der Waals surface area contributed by atoms with Gasteiger partial charge in [-0.25, -0.2) is 0 Å². The first-order chi connectivity index (χ1) is 12.6. The SMILES string of the molecule is CC(C)[C@H](N)C(=O)N1CCN(C(c2ccccc2)c2ccccc2)CC1. The Morgan fingerprint density at radius 2 is 1.31 bits per heavy atom. The highest BCUT2D eigenvalue weighted by atomic mass is 16.2. The van der Waals surface area contributed by atoms with E-state index < -0.39 is 6.04 Å². The molecule has 1 aliphatic rings. The lowest BCUT2D eigenvalue weighted by molar-refractivity contribution is -0.135.